The lowest BCUT2D eigenvalue weighted by Gasteiger charge is -2.31. The van der Waals surface area contributed by atoms with Crippen LogP contribution in [-0.4, -0.2) is 71.8 Å². The van der Waals surface area contributed by atoms with Crippen molar-refractivity contribution in [3.63, 3.8) is 0 Å². The summed E-state index contributed by atoms with van der Waals surface area (Å²) >= 11 is 2.32. The maximum absolute atomic E-state index is 14.0. The molecule has 41 heavy (non-hydrogen) atoms. The van der Waals surface area contributed by atoms with Gasteiger partial charge in [-0.1, -0.05) is 53.4 Å². The van der Waals surface area contributed by atoms with Crippen molar-refractivity contribution < 1.29 is 19.1 Å². The zero-order valence-corrected chi connectivity index (χ0v) is 24.7. The quantitative estimate of drug-likeness (QED) is 0.389. The third-order valence-corrected chi connectivity index (χ3v) is 10.7. The molecule has 3 amide bonds. The average Bonchev–Trinajstić information content (AvgIpc) is 3.45. The first-order valence-electron chi connectivity index (χ1n) is 14.0. The van der Waals surface area contributed by atoms with Crippen LogP contribution in [0.1, 0.15) is 30.2 Å². The van der Waals surface area contributed by atoms with Gasteiger partial charge in [-0.2, -0.15) is 0 Å². The van der Waals surface area contributed by atoms with E-state index in [-0.39, 0.29) is 29.1 Å². The van der Waals surface area contributed by atoms with Crippen LogP contribution in [0.5, 0.6) is 0 Å². The molecule has 6 rings (SSSR count). The van der Waals surface area contributed by atoms with Crippen molar-refractivity contribution in [1.29, 1.82) is 0 Å². The predicted molar refractivity (Wildman–Crippen MR) is 160 cm³/mol. The summed E-state index contributed by atoms with van der Waals surface area (Å²) in [5.74, 6) is -1.86. The van der Waals surface area contributed by atoms with Crippen LogP contribution in [0.25, 0.3) is 0 Å². The number of carbonyl (C=O) groups is 3. The van der Waals surface area contributed by atoms with E-state index in [1.54, 1.807) is 29.2 Å². The Morgan fingerprint density at radius 2 is 1.63 bits per heavy atom. The summed E-state index contributed by atoms with van der Waals surface area (Å²) in [5.41, 5.74) is 2.49. The van der Waals surface area contributed by atoms with E-state index in [0.717, 1.165) is 40.6 Å². The molecule has 3 aliphatic rings. The van der Waals surface area contributed by atoms with Gasteiger partial charge >= 0.3 is 4.87 Å². The van der Waals surface area contributed by atoms with Crippen molar-refractivity contribution in [1.82, 2.24) is 9.47 Å². The van der Waals surface area contributed by atoms with Gasteiger partial charge in [0.1, 0.15) is 11.8 Å². The lowest BCUT2D eigenvalue weighted by molar-refractivity contribution is -0.136. The molecule has 2 saturated heterocycles. The van der Waals surface area contributed by atoms with E-state index in [1.165, 1.54) is 21.2 Å². The number of imide groups is 1. The summed E-state index contributed by atoms with van der Waals surface area (Å²) in [6.45, 7) is 7.75. The number of thiazole rings is 1. The molecule has 0 radical (unpaired) electrons. The number of ether oxygens (including phenoxy) is 1. The first kappa shape index (κ1) is 27.7. The SMILES string of the molecule is CCN(CC)c1ccc([C@H]2c3sc(=O)n(CC(=O)N4CCOCC4)c3SC3C(=O)N(c4ccccc4)C(=O)C32)cc1. The largest absolute Gasteiger partial charge is 0.378 e. The van der Waals surface area contributed by atoms with Crippen LogP contribution in [0, 0.1) is 5.92 Å². The van der Waals surface area contributed by atoms with Crippen molar-refractivity contribution in [2.75, 3.05) is 49.2 Å². The van der Waals surface area contributed by atoms with Crippen LogP contribution in [0.4, 0.5) is 11.4 Å². The van der Waals surface area contributed by atoms with Crippen LogP contribution in [-0.2, 0) is 25.7 Å². The molecule has 9 nitrogen and oxygen atoms in total. The molecule has 3 aromatic rings. The molecule has 0 spiro atoms. The number of nitrogens with zero attached hydrogens (tertiary/aromatic N) is 4. The molecule has 3 aliphatic heterocycles. The number of hydrogen-bond acceptors (Lipinski definition) is 8. The Morgan fingerprint density at radius 1 is 0.951 bits per heavy atom. The smallest absolute Gasteiger partial charge is 0.308 e. The third-order valence-electron chi connectivity index (χ3n) is 8.10. The monoisotopic (exact) mass is 592 g/mol. The maximum Gasteiger partial charge on any atom is 0.308 e. The second-order valence-electron chi connectivity index (χ2n) is 10.3. The highest BCUT2D eigenvalue weighted by molar-refractivity contribution is 8.00. The minimum Gasteiger partial charge on any atom is -0.378 e. The molecular weight excluding hydrogens is 560 g/mol. The number of aromatic nitrogens is 1. The van der Waals surface area contributed by atoms with Gasteiger partial charge in [0.25, 0.3) is 0 Å². The van der Waals surface area contributed by atoms with Gasteiger partial charge in [-0.3, -0.25) is 23.7 Å². The van der Waals surface area contributed by atoms with Crippen molar-refractivity contribution in [2.24, 2.45) is 5.92 Å². The predicted octanol–water partition coefficient (Wildman–Crippen LogP) is 3.41. The number of hydrogen-bond donors (Lipinski definition) is 0. The lowest BCUT2D eigenvalue weighted by Crippen LogP contribution is -2.43. The molecule has 0 saturated carbocycles. The number of rotatable bonds is 7. The normalized spacial score (nSPS) is 22.0. The molecule has 0 N–H and O–H groups in total. The minimum absolute atomic E-state index is 0.104. The first-order valence-corrected chi connectivity index (χ1v) is 15.7. The van der Waals surface area contributed by atoms with Crippen molar-refractivity contribution in [2.45, 2.75) is 36.6 Å². The van der Waals surface area contributed by atoms with E-state index >= 15 is 0 Å². The average molecular weight is 593 g/mol. The summed E-state index contributed by atoms with van der Waals surface area (Å²) in [6.07, 6.45) is 0. The van der Waals surface area contributed by atoms with Gasteiger partial charge in [0.2, 0.25) is 17.7 Å². The fraction of sp³-hybridized carbons (Fsp3) is 0.400. The summed E-state index contributed by atoms with van der Waals surface area (Å²) in [5, 5.41) is -0.0989. The van der Waals surface area contributed by atoms with E-state index < -0.39 is 17.1 Å². The zero-order chi connectivity index (χ0) is 28.7. The van der Waals surface area contributed by atoms with Gasteiger partial charge in [-0.25, -0.2) is 4.90 Å². The molecule has 11 heteroatoms. The highest BCUT2D eigenvalue weighted by Crippen LogP contribution is 2.54. The number of morpholine rings is 1. The van der Waals surface area contributed by atoms with Gasteiger partial charge in [-0.15, -0.1) is 0 Å². The van der Waals surface area contributed by atoms with Crippen molar-refractivity contribution in [3.8, 4) is 0 Å². The van der Waals surface area contributed by atoms with Crippen LogP contribution >= 0.6 is 23.1 Å². The van der Waals surface area contributed by atoms with Gasteiger partial charge in [0.05, 0.1) is 29.8 Å². The molecule has 0 aliphatic carbocycles. The van der Waals surface area contributed by atoms with E-state index in [1.807, 2.05) is 30.3 Å². The lowest BCUT2D eigenvalue weighted by atomic mass is 9.83. The van der Waals surface area contributed by atoms with E-state index in [9.17, 15) is 19.2 Å². The number of amides is 3. The Balaban J connectivity index is 1.43. The van der Waals surface area contributed by atoms with Crippen LogP contribution in [0.2, 0.25) is 0 Å². The van der Waals surface area contributed by atoms with E-state index in [4.69, 9.17) is 4.74 Å². The Bertz CT molecular complexity index is 1510. The fourth-order valence-electron chi connectivity index (χ4n) is 5.98. The molecule has 214 valence electrons. The maximum atomic E-state index is 14.0. The molecule has 0 bridgehead atoms. The Labute approximate surface area is 246 Å². The zero-order valence-electron chi connectivity index (χ0n) is 23.0. The Kier molecular flexibility index (Phi) is 7.76. The third kappa shape index (κ3) is 4.89. The van der Waals surface area contributed by atoms with Crippen molar-refractivity contribution in [3.05, 3.63) is 74.7 Å². The highest BCUT2D eigenvalue weighted by Gasteiger charge is 2.56. The molecule has 3 atom stereocenters. The first-order chi connectivity index (χ1) is 19.9. The van der Waals surface area contributed by atoms with E-state index in [2.05, 4.69) is 18.7 Å². The molecule has 1 aromatic heterocycles. The molecule has 2 fully saturated rings. The molecule has 4 heterocycles. The number of fused-ring (bicyclic) bond motifs is 2. The second kappa shape index (κ2) is 11.5. The van der Waals surface area contributed by atoms with Gasteiger partial charge in [-0.05, 0) is 43.7 Å². The number of carbonyl (C=O) groups excluding carboxylic acids is 3. The summed E-state index contributed by atoms with van der Waals surface area (Å²) < 4.78 is 6.87. The number of thioether (sulfide) groups is 1. The van der Waals surface area contributed by atoms with Gasteiger partial charge < -0.3 is 14.5 Å². The number of anilines is 2. The Hall–Kier alpha value is -3.41. The molecule has 2 aromatic carbocycles. The fourth-order valence-corrected chi connectivity index (χ4v) is 8.75. The van der Waals surface area contributed by atoms with Crippen LogP contribution in [0.3, 0.4) is 0 Å². The standard InChI is InChI=1S/C30H32N4O5S2/c1-3-31(4-2)20-12-10-19(11-13-20)23-24-25(28(37)34(27(24)36)21-8-6-5-7-9-21)40-29-26(23)41-30(38)33(29)18-22(35)32-14-16-39-17-15-32/h5-13,23-25H,3-4,14-18H2,1-2H3/t23-,24?,25?/m1/s1. The second-order valence-corrected chi connectivity index (χ2v) is 12.4. The topological polar surface area (TPSA) is 92.2 Å². The number of benzene rings is 2. The Morgan fingerprint density at radius 3 is 2.29 bits per heavy atom. The van der Waals surface area contributed by atoms with Crippen molar-refractivity contribution >= 4 is 52.2 Å². The minimum atomic E-state index is -0.707. The summed E-state index contributed by atoms with van der Waals surface area (Å²) in [4.78, 5) is 60.1. The summed E-state index contributed by atoms with van der Waals surface area (Å²) in [7, 11) is 0. The van der Waals surface area contributed by atoms with Gasteiger partial charge in [0, 0.05) is 42.7 Å². The van der Waals surface area contributed by atoms with Gasteiger partial charge in [0.15, 0.2) is 0 Å². The summed E-state index contributed by atoms with van der Waals surface area (Å²) in [6, 6.07) is 17.1. The highest BCUT2D eigenvalue weighted by atomic mass is 32.2. The molecule has 2 unspecified atom stereocenters. The van der Waals surface area contributed by atoms with E-state index in [0.29, 0.717) is 37.0 Å². The van der Waals surface area contributed by atoms with Crippen LogP contribution < -0.4 is 14.7 Å². The number of para-hydroxylation sites is 1. The molecular formula is C30H32N4O5S2. The van der Waals surface area contributed by atoms with Crippen LogP contribution in [0.15, 0.2) is 64.4 Å².